The summed E-state index contributed by atoms with van der Waals surface area (Å²) in [5.74, 6) is 1.67. The minimum absolute atomic E-state index is 0.321. The highest BCUT2D eigenvalue weighted by Gasteiger charge is 2.11. The van der Waals surface area contributed by atoms with E-state index in [4.69, 9.17) is 4.74 Å². The van der Waals surface area contributed by atoms with E-state index in [2.05, 4.69) is 15.3 Å². The van der Waals surface area contributed by atoms with E-state index < -0.39 is 0 Å². The number of methoxy groups -OCH3 is 1. The van der Waals surface area contributed by atoms with Crippen LogP contribution in [0.5, 0.6) is 5.75 Å². The molecule has 1 N–H and O–H groups in total. The van der Waals surface area contributed by atoms with Crippen LogP contribution < -0.4 is 10.1 Å². The third kappa shape index (κ3) is 2.81. The number of nitrogens with zero attached hydrogens (tertiary/aromatic N) is 2. The summed E-state index contributed by atoms with van der Waals surface area (Å²) < 4.78 is 18.7. The van der Waals surface area contributed by atoms with Gasteiger partial charge in [0.2, 0.25) is 0 Å². The normalized spacial score (nSPS) is 10.3. The molecule has 0 radical (unpaired) electrons. The molecule has 1 aromatic carbocycles. The standard InChI is InChI=1S/C14H16FN3O/c1-4-13-17-11(8-14(16-2)18-13)10-7-9(15)5-6-12(10)19-3/h5-8H,4H2,1-3H3,(H,16,17,18). The van der Waals surface area contributed by atoms with E-state index >= 15 is 0 Å². The van der Waals surface area contributed by atoms with Crippen molar-refractivity contribution in [2.24, 2.45) is 0 Å². The van der Waals surface area contributed by atoms with Crippen molar-refractivity contribution in [1.29, 1.82) is 0 Å². The van der Waals surface area contributed by atoms with E-state index in [1.165, 1.54) is 12.1 Å². The van der Waals surface area contributed by atoms with Crippen molar-refractivity contribution in [3.8, 4) is 17.0 Å². The van der Waals surface area contributed by atoms with E-state index in [1.54, 1.807) is 26.3 Å². The van der Waals surface area contributed by atoms with Gasteiger partial charge in [0.25, 0.3) is 0 Å². The molecule has 1 heterocycles. The molecule has 0 fully saturated rings. The maximum atomic E-state index is 13.4. The Kier molecular flexibility index (Phi) is 3.94. The van der Waals surface area contributed by atoms with Crippen LogP contribution in [0.25, 0.3) is 11.3 Å². The van der Waals surface area contributed by atoms with Gasteiger partial charge >= 0.3 is 0 Å². The fourth-order valence-electron chi connectivity index (χ4n) is 1.80. The molecule has 0 saturated carbocycles. The van der Waals surface area contributed by atoms with E-state index in [9.17, 15) is 4.39 Å². The van der Waals surface area contributed by atoms with E-state index in [1.807, 2.05) is 6.92 Å². The molecule has 0 unspecified atom stereocenters. The lowest BCUT2D eigenvalue weighted by Crippen LogP contribution is -2.01. The lowest BCUT2D eigenvalue weighted by atomic mass is 10.1. The highest BCUT2D eigenvalue weighted by atomic mass is 19.1. The summed E-state index contributed by atoms with van der Waals surface area (Å²) in [5, 5.41) is 2.98. The zero-order chi connectivity index (χ0) is 13.8. The molecule has 0 bridgehead atoms. The molecule has 0 aliphatic rings. The van der Waals surface area contributed by atoms with Crippen molar-refractivity contribution in [3.63, 3.8) is 0 Å². The SMILES string of the molecule is CCc1nc(NC)cc(-c2cc(F)ccc2OC)n1. The first kappa shape index (κ1) is 13.3. The molecule has 5 heteroatoms. The Bertz CT molecular complexity index is 565. The average Bonchev–Trinajstić information content (AvgIpc) is 2.46. The minimum atomic E-state index is -0.321. The maximum Gasteiger partial charge on any atom is 0.131 e. The first-order chi connectivity index (χ1) is 9.17. The number of anilines is 1. The number of rotatable bonds is 4. The minimum Gasteiger partial charge on any atom is -0.496 e. The van der Waals surface area contributed by atoms with Gasteiger partial charge in [-0.2, -0.15) is 0 Å². The molecule has 19 heavy (non-hydrogen) atoms. The van der Waals surface area contributed by atoms with Gasteiger partial charge in [-0.25, -0.2) is 14.4 Å². The lowest BCUT2D eigenvalue weighted by Gasteiger charge is -2.10. The third-order valence-electron chi connectivity index (χ3n) is 2.78. The highest BCUT2D eigenvalue weighted by Crippen LogP contribution is 2.30. The second-order valence-corrected chi connectivity index (χ2v) is 4.00. The molecule has 0 atom stereocenters. The van der Waals surface area contributed by atoms with Gasteiger partial charge in [0, 0.05) is 25.1 Å². The number of hydrogen-bond acceptors (Lipinski definition) is 4. The summed E-state index contributed by atoms with van der Waals surface area (Å²) in [6.07, 6.45) is 0.708. The molecule has 0 spiro atoms. The first-order valence-corrected chi connectivity index (χ1v) is 6.07. The van der Waals surface area contributed by atoms with E-state index in [0.29, 0.717) is 35.1 Å². The molecule has 1 aromatic heterocycles. The molecule has 0 aliphatic heterocycles. The predicted octanol–water partition coefficient (Wildman–Crippen LogP) is 2.90. The molecule has 2 aromatic rings. The zero-order valence-electron chi connectivity index (χ0n) is 11.2. The van der Waals surface area contributed by atoms with Gasteiger partial charge in [0.05, 0.1) is 12.8 Å². The topological polar surface area (TPSA) is 47.0 Å². The van der Waals surface area contributed by atoms with Crippen molar-refractivity contribution in [2.75, 3.05) is 19.5 Å². The van der Waals surface area contributed by atoms with E-state index in [-0.39, 0.29) is 5.82 Å². The van der Waals surface area contributed by atoms with Crippen molar-refractivity contribution >= 4 is 5.82 Å². The molecule has 0 aliphatic carbocycles. The summed E-state index contributed by atoms with van der Waals surface area (Å²) in [7, 11) is 3.34. The zero-order valence-corrected chi connectivity index (χ0v) is 11.2. The van der Waals surface area contributed by atoms with Crippen molar-refractivity contribution in [2.45, 2.75) is 13.3 Å². The van der Waals surface area contributed by atoms with Crippen LogP contribution >= 0.6 is 0 Å². The van der Waals surface area contributed by atoms with Crippen molar-refractivity contribution < 1.29 is 9.13 Å². The van der Waals surface area contributed by atoms with Crippen LogP contribution in [0.4, 0.5) is 10.2 Å². The van der Waals surface area contributed by atoms with Crippen LogP contribution in [-0.4, -0.2) is 24.1 Å². The summed E-state index contributed by atoms with van der Waals surface area (Å²) in [4.78, 5) is 8.74. The predicted molar refractivity (Wildman–Crippen MR) is 72.9 cm³/mol. The highest BCUT2D eigenvalue weighted by molar-refractivity contribution is 5.69. The Hall–Kier alpha value is -2.17. The van der Waals surface area contributed by atoms with E-state index in [0.717, 1.165) is 0 Å². The summed E-state index contributed by atoms with van der Waals surface area (Å²) >= 11 is 0. The van der Waals surface area contributed by atoms with Crippen LogP contribution in [-0.2, 0) is 6.42 Å². The molecular weight excluding hydrogens is 245 g/mol. The van der Waals surface area contributed by atoms with Crippen molar-refractivity contribution in [1.82, 2.24) is 9.97 Å². The number of hydrogen-bond donors (Lipinski definition) is 1. The molecular formula is C14H16FN3O. The number of aryl methyl sites for hydroxylation is 1. The van der Waals surface area contributed by atoms with Gasteiger partial charge in [-0.05, 0) is 18.2 Å². The number of halogens is 1. The fourth-order valence-corrected chi connectivity index (χ4v) is 1.80. The van der Waals surface area contributed by atoms with Gasteiger partial charge in [0.15, 0.2) is 0 Å². The van der Waals surface area contributed by atoms with Crippen LogP contribution in [0.15, 0.2) is 24.3 Å². The summed E-state index contributed by atoms with van der Waals surface area (Å²) in [5.41, 5.74) is 1.27. The Morgan fingerprint density at radius 2 is 2.05 bits per heavy atom. The molecule has 0 saturated heterocycles. The second-order valence-electron chi connectivity index (χ2n) is 4.00. The van der Waals surface area contributed by atoms with Gasteiger partial charge < -0.3 is 10.1 Å². The monoisotopic (exact) mass is 261 g/mol. The first-order valence-electron chi connectivity index (χ1n) is 6.07. The summed E-state index contributed by atoms with van der Waals surface area (Å²) in [6, 6.07) is 6.15. The largest absolute Gasteiger partial charge is 0.496 e. The third-order valence-corrected chi connectivity index (χ3v) is 2.78. The number of ether oxygens (including phenoxy) is 1. The molecule has 100 valence electrons. The summed E-state index contributed by atoms with van der Waals surface area (Å²) in [6.45, 7) is 1.97. The lowest BCUT2D eigenvalue weighted by molar-refractivity contribution is 0.415. The molecule has 0 amide bonds. The average molecular weight is 261 g/mol. The van der Waals surface area contributed by atoms with Gasteiger partial charge in [0.1, 0.15) is 23.2 Å². The molecule has 2 rings (SSSR count). The molecule has 4 nitrogen and oxygen atoms in total. The Morgan fingerprint density at radius 1 is 1.26 bits per heavy atom. The smallest absolute Gasteiger partial charge is 0.131 e. The fraction of sp³-hybridized carbons (Fsp3) is 0.286. The van der Waals surface area contributed by atoms with Crippen LogP contribution in [0, 0.1) is 5.82 Å². The quantitative estimate of drug-likeness (QED) is 0.919. The van der Waals surface area contributed by atoms with Gasteiger partial charge in [-0.3, -0.25) is 0 Å². The van der Waals surface area contributed by atoms with Crippen molar-refractivity contribution in [3.05, 3.63) is 35.9 Å². The Balaban J connectivity index is 2.60. The Labute approximate surface area is 111 Å². The van der Waals surface area contributed by atoms with Gasteiger partial charge in [-0.15, -0.1) is 0 Å². The number of nitrogens with one attached hydrogen (secondary N) is 1. The second kappa shape index (κ2) is 5.65. The van der Waals surface area contributed by atoms with Crippen LogP contribution in [0.2, 0.25) is 0 Å². The Morgan fingerprint density at radius 3 is 2.68 bits per heavy atom. The number of aromatic nitrogens is 2. The van der Waals surface area contributed by atoms with Crippen LogP contribution in [0.1, 0.15) is 12.7 Å². The van der Waals surface area contributed by atoms with Gasteiger partial charge in [-0.1, -0.05) is 6.92 Å². The van der Waals surface area contributed by atoms with Crippen LogP contribution in [0.3, 0.4) is 0 Å². The number of benzene rings is 1. The maximum absolute atomic E-state index is 13.4.